The third kappa shape index (κ3) is 6.58. The van der Waals surface area contributed by atoms with Crippen LogP contribution in [0.3, 0.4) is 0 Å². The van der Waals surface area contributed by atoms with Crippen LogP contribution >= 0.6 is 0 Å². The van der Waals surface area contributed by atoms with Gasteiger partial charge in [0.15, 0.2) is 11.8 Å². The van der Waals surface area contributed by atoms with Crippen LogP contribution in [0.1, 0.15) is 36.4 Å². The molecule has 0 saturated carbocycles. The average Bonchev–Trinajstić information content (AvgIpc) is 3.17. The normalized spacial score (nSPS) is 12.1. The third-order valence-corrected chi connectivity index (χ3v) is 4.67. The summed E-state index contributed by atoms with van der Waals surface area (Å²) < 4.78 is 16.8. The number of hydrogen-bond donors (Lipinski definition) is 2. The quantitative estimate of drug-likeness (QED) is 0.476. The van der Waals surface area contributed by atoms with E-state index in [-0.39, 0.29) is 19.0 Å². The minimum Gasteiger partial charge on any atom is -0.494 e. The summed E-state index contributed by atoms with van der Waals surface area (Å²) in [6.45, 7) is 4.96. The van der Waals surface area contributed by atoms with Crippen molar-refractivity contribution in [2.24, 2.45) is 5.92 Å². The van der Waals surface area contributed by atoms with Crippen LogP contribution in [0, 0.1) is 5.92 Å². The summed E-state index contributed by atoms with van der Waals surface area (Å²) in [6, 6.07) is 15.1. The molecule has 0 spiro atoms. The van der Waals surface area contributed by atoms with Crippen LogP contribution in [0.15, 0.2) is 59.0 Å². The van der Waals surface area contributed by atoms with Crippen molar-refractivity contribution < 1.29 is 28.6 Å². The van der Waals surface area contributed by atoms with Crippen molar-refractivity contribution in [2.75, 3.05) is 13.2 Å². The lowest BCUT2D eigenvalue weighted by Crippen LogP contribution is -2.43. The third-order valence-electron chi connectivity index (χ3n) is 4.67. The Bertz CT molecular complexity index is 1010. The Morgan fingerprint density at radius 2 is 1.87 bits per heavy atom. The van der Waals surface area contributed by atoms with Crippen LogP contribution in [-0.2, 0) is 16.1 Å². The van der Waals surface area contributed by atoms with E-state index in [0.717, 1.165) is 12.0 Å². The molecule has 0 radical (unpaired) electrons. The number of carbonyl (C=O) groups is 2. The first-order valence-electron chi connectivity index (χ1n) is 10.2. The lowest BCUT2D eigenvalue weighted by Gasteiger charge is -2.14. The second-order valence-corrected chi connectivity index (χ2v) is 7.71. The molecule has 1 amide bonds. The number of benzene rings is 2. The zero-order valence-corrected chi connectivity index (χ0v) is 17.7. The van der Waals surface area contributed by atoms with Crippen molar-refractivity contribution >= 4 is 22.8 Å². The lowest BCUT2D eigenvalue weighted by atomic mass is 10.1. The van der Waals surface area contributed by atoms with Crippen molar-refractivity contribution in [2.45, 2.75) is 32.9 Å². The molecular weight excluding hydrogens is 398 g/mol. The summed E-state index contributed by atoms with van der Waals surface area (Å²) >= 11 is 0. The van der Waals surface area contributed by atoms with Gasteiger partial charge < -0.3 is 24.3 Å². The van der Waals surface area contributed by atoms with Gasteiger partial charge in [-0.15, -0.1) is 0 Å². The van der Waals surface area contributed by atoms with Gasteiger partial charge in [-0.3, -0.25) is 4.79 Å². The molecule has 2 N–H and O–H groups in total. The van der Waals surface area contributed by atoms with Gasteiger partial charge in [0.2, 0.25) is 0 Å². The van der Waals surface area contributed by atoms with E-state index in [1.807, 2.05) is 30.3 Å². The van der Waals surface area contributed by atoms with Crippen LogP contribution in [-0.4, -0.2) is 36.2 Å². The smallest absolute Gasteiger partial charge is 0.328 e. The van der Waals surface area contributed by atoms with Gasteiger partial charge in [0.25, 0.3) is 5.91 Å². The number of amides is 1. The Kier molecular flexibility index (Phi) is 7.67. The van der Waals surface area contributed by atoms with Gasteiger partial charge in [-0.2, -0.15) is 0 Å². The standard InChI is InChI=1S/C24H27NO6/c1-16(2)10-11-30-19-8-9-21-18(12-19)13-22(31-21)23(26)25-20(24(27)28)15-29-14-17-6-4-3-5-7-17/h3-9,12-13,16,20H,10-11,14-15H2,1-2H3,(H,25,26)(H,27,28)/t20-/m0/s1. The van der Waals surface area contributed by atoms with E-state index in [1.165, 1.54) is 0 Å². The maximum absolute atomic E-state index is 12.5. The highest BCUT2D eigenvalue weighted by Crippen LogP contribution is 2.24. The number of hydrogen-bond acceptors (Lipinski definition) is 5. The second kappa shape index (κ2) is 10.6. The van der Waals surface area contributed by atoms with E-state index in [1.54, 1.807) is 24.3 Å². The largest absolute Gasteiger partial charge is 0.494 e. The Morgan fingerprint density at radius 1 is 1.10 bits per heavy atom. The molecule has 3 rings (SSSR count). The molecular formula is C24H27NO6. The first-order valence-corrected chi connectivity index (χ1v) is 10.2. The fraction of sp³-hybridized carbons (Fsp3) is 0.333. The Balaban J connectivity index is 1.59. The highest BCUT2D eigenvalue weighted by molar-refractivity contribution is 5.98. The van der Waals surface area contributed by atoms with E-state index < -0.39 is 17.9 Å². The molecule has 0 aliphatic rings. The zero-order valence-electron chi connectivity index (χ0n) is 17.7. The molecule has 2 aromatic carbocycles. The molecule has 0 fully saturated rings. The van der Waals surface area contributed by atoms with Crippen molar-refractivity contribution in [1.82, 2.24) is 5.32 Å². The number of ether oxygens (including phenoxy) is 2. The number of carboxylic acid groups (broad SMARTS) is 1. The Labute approximate surface area is 181 Å². The van der Waals surface area contributed by atoms with Crippen LogP contribution in [0.5, 0.6) is 5.75 Å². The van der Waals surface area contributed by atoms with Crippen LogP contribution < -0.4 is 10.1 Å². The molecule has 31 heavy (non-hydrogen) atoms. The maximum atomic E-state index is 12.5. The van der Waals surface area contributed by atoms with E-state index in [2.05, 4.69) is 19.2 Å². The lowest BCUT2D eigenvalue weighted by molar-refractivity contribution is -0.141. The predicted molar refractivity (Wildman–Crippen MR) is 116 cm³/mol. The van der Waals surface area contributed by atoms with Crippen molar-refractivity contribution in [3.8, 4) is 5.75 Å². The van der Waals surface area contributed by atoms with Crippen molar-refractivity contribution in [3.05, 3.63) is 65.9 Å². The summed E-state index contributed by atoms with van der Waals surface area (Å²) in [4.78, 5) is 24.1. The molecule has 0 aliphatic heterocycles. The molecule has 0 unspecified atom stereocenters. The minimum absolute atomic E-state index is 0.0311. The highest BCUT2D eigenvalue weighted by Gasteiger charge is 2.23. The van der Waals surface area contributed by atoms with E-state index >= 15 is 0 Å². The van der Waals surface area contributed by atoms with E-state index in [4.69, 9.17) is 13.9 Å². The fourth-order valence-corrected chi connectivity index (χ4v) is 2.91. The molecule has 0 saturated heterocycles. The van der Waals surface area contributed by atoms with E-state index in [0.29, 0.717) is 29.2 Å². The summed E-state index contributed by atoms with van der Waals surface area (Å²) in [5.41, 5.74) is 1.44. The van der Waals surface area contributed by atoms with E-state index in [9.17, 15) is 14.7 Å². The molecule has 7 heteroatoms. The van der Waals surface area contributed by atoms with Gasteiger partial charge in [0.05, 0.1) is 19.8 Å². The van der Waals surface area contributed by atoms with Crippen molar-refractivity contribution in [3.63, 3.8) is 0 Å². The highest BCUT2D eigenvalue weighted by atomic mass is 16.5. The minimum atomic E-state index is -1.20. The maximum Gasteiger partial charge on any atom is 0.328 e. The number of fused-ring (bicyclic) bond motifs is 1. The molecule has 0 bridgehead atoms. The molecule has 1 atom stereocenters. The number of furan rings is 1. The summed E-state index contributed by atoms with van der Waals surface area (Å²) in [5, 5.41) is 12.6. The van der Waals surface area contributed by atoms with Crippen molar-refractivity contribution in [1.29, 1.82) is 0 Å². The molecule has 3 aromatic rings. The summed E-state index contributed by atoms with van der Waals surface area (Å²) in [5.74, 6) is -0.526. The van der Waals surface area contributed by atoms with Gasteiger partial charge in [-0.25, -0.2) is 4.79 Å². The van der Waals surface area contributed by atoms with Gasteiger partial charge in [-0.05, 0) is 42.2 Å². The molecule has 164 valence electrons. The first-order chi connectivity index (χ1) is 14.9. The first kappa shape index (κ1) is 22.4. The number of aliphatic carboxylic acids is 1. The van der Waals surface area contributed by atoms with Gasteiger partial charge in [-0.1, -0.05) is 44.2 Å². The monoisotopic (exact) mass is 425 g/mol. The molecule has 1 heterocycles. The second-order valence-electron chi connectivity index (χ2n) is 7.71. The van der Waals surface area contributed by atoms with Crippen LogP contribution in [0.2, 0.25) is 0 Å². The Hall–Kier alpha value is -3.32. The Morgan fingerprint density at radius 3 is 2.58 bits per heavy atom. The SMILES string of the molecule is CC(C)CCOc1ccc2oc(C(=O)N[C@@H](COCc3ccccc3)C(=O)O)cc2c1. The number of carboxylic acids is 1. The topological polar surface area (TPSA) is 98.0 Å². The average molecular weight is 425 g/mol. The van der Waals surface area contributed by atoms with Gasteiger partial charge >= 0.3 is 5.97 Å². The summed E-state index contributed by atoms with van der Waals surface area (Å²) in [6.07, 6.45) is 0.944. The number of rotatable bonds is 11. The number of carbonyl (C=O) groups excluding carboxylic acids is 1. The van der Waals surface area contributed by atoms with Crippen LogP contribution in [0.25, 0.3) is 11.0 Å². The summed E-state index contributed by atoms with van der Waals surface area (Å²) in [7, 11) is 0. The van der Waals surface area contributed by atoms with Gasteiger partial charge in [0.1, 0.15) is 11.3 Å². The predicted octanol–water partition coefficient (Wildman–Crippen LogP) is 4.26. The van der Waals surface area contributed by atoms with Crippen LogP contribution in [0.4, 0.5) is 0 Å². The van der Waals surface area contributed by atoms with Gasteiger partial charge in [0, 0.05) is 5.39 Å². The fourth-order valence-electron chi connectivity index (χ4n) is 2.91. The molecule has 7 nitrogen and oxygen atoms in total. The molecule has 1 aromatic heterocycles. The molecule has 0 aliphatic carbocycles. The number of nitrogens with one attached hydrogen (secondary N) is 1. The zero-order chi connectivity index (χ0) is 22.2.